The minimum Gasteiger partial charge on any atom is -0.482 e. The van der Waals surface area contributed by atoms with Crippen LogP contribution in [0.3, 0.4) is 0 Å². The number of aliphatic hydroxyl groups excluding tert-OH is 2. The fourth-order valence-electron chi connectivity index (χ4n) is 4.91. The molecular formula is C27H37IN2O5. The summed E-state index contributed by atoms with van der Waals surface area (Å²) in [5.41, 5.74) is 0.454. The number of amides is 2. The van der Waals surface area contributed by atoms with Crippen LogP contribution in [0.15, 0.2) is 48.6 Å². The van der Waals surface area contributed by atoms with Gasteiger partial charge in [-0.3, -0.25) is 9.59 Å². The molecule has 3 N–H and O–H groups in total. The number of allylic oxidation sites excluding steroid dienone is 1. The SMILES string of the molecule is C=CCCC(=O)N(CC1CCCCC1)[C@@H]1CC(C(=O)NCCO)=C[C@H](Oc2ccccc2I)[C@H]1O. The summed E-state index contributed by atoms with van der Waals surface area (Å²) in [6, 6.07) is 6.92. The predicted molar refractivity (Wildman–Crippen MR) is 144 cm³/mol. The molecule has 192 valence electrons. The van der Waals surface area contributed by atoms with E-state index in [1.807, 2.05) is 24.3 Å². The molecule has 0 aliphatic heterocycles. The van der Waals surface area contributed by atoms with Crippen LogP contribution in [0.1, 0.15) is 51.4 Å². The molecule has 35 heavy (non-hydrogen) atoms. The van der Waals surface area contributed by atoms with Gasteiger partial charge in [0.1, 0.15) is 18.0 Å². The van der Waals surface area contributed by atoms with Gasteiger partial charge in [0, 0.05) is 31.5 Å². The number of rotatable bonds is 11. The third-order valence-electron chi connectivity index (χ3n) is 6.78. The minimum atomic E-state index is -0.989. The maximum atomic E-state index is 13.4. The van der Waals surface area contributed by atoms with E-state index in [2.05, 4.69) is 34.5 Å². The normalized spacial score (nSPS) is 22.7. The lowest BCUT2D eigenvalue weighted by atomic mass is 9.85. The fraction of sp³-hybridized carbons (Fsp3) is 0.556. The van der Waals surface area contributed by atoms with Crippen LogP contribution in [-0.4, -0.2) is 64.9 Å². The van der Waals surface area contributed by atoms with Gasteiger partial charge in [0.25, 0.3) is 0 Å². The molecule has 0 unspecified atom stereocenters. The molecule has 2 aliphatic carbocycles. The Labute approximate surface area is 221 Å². The van der Waals surface area contributed by atoms with Crippen LogP contribution in [0, 0.1) is 9.49 Å². The monoisotopic (exact) mass is 596 g/mol. The summed E-state index contributed by atoms with van der Waals surface area (Å²) in [6.07, 6.45) is 8.37. The highest BCUT2D eigenvalue weighted by Crippen LogP contribution is 2.32. The summed E-state index contributed by atoms with van der Waals surface area (Å²) in [7, 11) is 0. The molecule has 1 aromatic rings. The van der Waals surface area contributed by atoms with Gasteiger partial charge in [0.05, 0.1) is 16.2 Å². The Morgan fingerprint density at radius 1 is 1.23 bits per heavy atom. The second-order valence-corrected chi connectivity index (χ2v) is 10.5. The van der Waals surface area contributed by atoms with Crippen molar-refractivity contribution in [3.05, 3.63) is 52.1 Å². The molecule has 7 nitrogen and oxygen atoms in total. The fourth-order valence-corrected chi connectivity index (χ4v) is 5.42. The average molecular weight is 597 g/mol. The van der Waals surface area contributed by atoms with E-state index in [1.54, 1.807) is 17.1 Å². The van der Waals surface area contributed by atoms with Crippen LogP contribution in [0.2, 0.25) is 0 Å². The van der Waals surface area contributed by atoms with Crippen LogP contribution in [-0.2, 0) is 9.59 Å². The molecule has 2 amide bonds. The van der Waals surface area contributed by atoms with Gasteiger partial charge in [-0.2, -0.15) is 0 Å². The quantitative estimate of drug-likeness (QED) is 0.268. The Morgan fingerprint density at radius 3 is 2.66 bits per heavy atom. The van der Waals surface area contributed by atoms with Gasteiger partial charge in [0.2, 0.25) is 11.8 Å². The first kappa shape index (κ1) is 27.7. The molecule has 0 radical (unpaired) electrons. The van der Waals surface area contributed by atoms with Crippen LogP contribution in [0.25, 0.3) is 0 Å². The number of carbonyl (C=O) groups is 2. The Morgan fingerprint density at radius 2 is 1.97 bits per heavy atom. The second-order valence-electron chi connectivity index (χ2n) is 9.32. The van der Waals surface area contributed by atoms with Crippen molar-refractivity contribution in [1.82, 2.24) is 10.2 Å². The lowest BCUT2D eigenvalue weighted by molar-refractivity contribution is -0.139. The zero-order valence-corrected chi connectivity index (χ0v) is 22.4. The number of carbonyl (C=O) groups excluding carboxylic acids is 2. The van der Waals surface area contributed by atoms with E-state index in [0.717, 1.165) is 29.3 Å². The van der Waals surface area contributed by atoms with Gasteiger partial charge in [-0.05, 0) is 66.0 Å². The first-order valence-corrected chi connectivity index (χ1v) is 13.6. The highest BCUT2D eigenvalue weighted by Gasteiger charge is 2.41. The highest BCUT2D eigenvalue weighted by atomic mass is 127. The lowest BCUT2D eigenvalue weighted by Crippen LogP contribution is -2.56. The summed E-state index contributed by atoms with van der Waals surface area (Å²) in [6.45, 7) is 4.28. The standard InChI is InChI=1S/C27H37IN2O5/c1-2-3-13-25(32)30(18-19-9-5-4-6-10-19)22-16-20(27(34)29-14-15-31)17-24(26(22)33)35-23-12-8-7-11-21(23)28/h2,7-8,11-12,17,19,22,24,26,31,33H,1,3-6,9-10,13-16,18H2,(H,29,34)/t22-,24+,26+/m1/s1. The maximum Gasteiger partial charge on any atom is 0.247 e. The summed E-state index contributed by atoms with van der Waals surface area (Å²) in [5, 5.41) is 23.3. The molecule has 3 atom stereocenters. The Kier molecular flexibility index (Phi) is 11.1. The van der Waals surface area contributed by atoms with Crippen LogP contribution >= 0.6 is 22.6 Å². The largest absolute Gasteiger partial charge is 0.482 e. The Balaban J connectivity index is 1.91. The van der Waals surface area contributed by atoms with E-state index < -0.39 is 18.2 Å². The Hall–Kier alpha value is -1.91. The number of halogens is 1. The third kappa shape index (κ3) is 7.79. The van der Waals surface area contributed by atoms with E-state index in [9.17, 15) is 14.7 Å². The molecule has 2 aliphatic rings. The molecule has 1 fully saturated rings. The van der Waals surface area contributed by atoms with Crippen LogP contribution in [0.5, 0.6) is 5.75 Å². The third-order valence-corrected chi connectivity index (χ3v) is 7.67. The van der Waals surface area contributed by atoms with Crippen molar-refractivity contribution in [3.63, 3.8) is 0 Å². The number of nitrogens with one attached hydrogen (secondary N) is 1. The van der Waals surface area contributed by atoms with E-state index in [0.29, 0.717) is 36.6 Å². The van der Waals surface area contributed by atoms with Gasteiger partial charge in [0.15, 0.2) is 0 Å². The van der Waals surface area contributed by atoms with E-state index in [1.165, 1.54) is 6.42 Å². The van der Waals surface area contributed by atoms with Crippen molar-refractivity contribution in [1.29, 1.82) is 0 Å². The number of nitrogens with zero attached hydrogens (tertiary/aromatic N) is 1. The average Bonchev–Trinajstić information content (AvgIpc) is 2.87. The summed E-state index contributed by atoms with van der Waals surface area (Å²) < 4.78 is 7.09. The van der Waals surface area contributed by atoms with Crippen molar-refractivity contribution in [3.8, 4) is 5.75 Å². The molecule has 0 heterocycles. The first-order valence-electron chi connectivity index (χ1n) is 12.5. The molecule has 1 aromatic carbocycles. The number of ether oxygens (including phenoxy) is 1. The first-order chi connectivity index (χ1) is 16.9. The second kappa shape index (κ2) is 14.0. The summed E-state index contributed by atoms with van der Waals surface area (Å²) in [5.74, 6) is 0.643. The molecule has 3 rings (SSSR count). The zero-order chi connectivity index (χ0) is 25.2. The van der Waals surface area contributed by atoms with Crippen LogP contribution < -0.4 is 10.1 Å². The van der Waals surface area contributed by atoms with Gasteiger partial charge in [-0.25, -0.2) is 0 Å². The number of aliphatic hydroxyl groups is 2. The van der Waals surface area contributed by atoms with Crippen molar-refractivity contribution in [2.45, 2.75) is 69.6 Å². The van der Waals surface area contributed by atoms with Crippen LogP contribution in [0.4, 0.5) is 0 Å². The van der Waals surface area contributed by atoms with Gasteiger partial charge in [-0.15, -0.1) is 6.58 Å². The smallest absolute Gasteiger partial charge is 0.247 e. The zero-order valence-electron chi connectivity index (χ0n) is 20.2. The number of para-hydroxylation sites is 1. The summed E-state index contributed by atoms with van der Waals surface area (Å²) >= 11 is 2.17. The van der Waals surface area contributed by atoms with Crippen molar-refractivity contribution in [2.24, 2.45) is 5.92 Å². The molecule has 1 saturated carbocycles. The van der Waals surface area contributed by atoms with E-state index in [-0.39, 0.29) is 31.4 Å². The molecule has 0 aromatic heterocycles. The number of hydrogen-bond acceptors (Lipinski definition) is 5. The predicted octanol–water partition coefficient (Wildman–Crippen LogP) is 3.58. The lowest BCUT2D eigenvalue weighted by Gasteiger charge is -2.42. The molecule has 0 spiro atoms. The van der Waals surface area contributed by atoms with Gasteiger partial charge >= 0.3 is 0 Å². The van der Waals surface area contributed by atoms with E-state index >= 15 is 0 Å². The molecule has 8 heteroatoms. The van der Waals surface area contributed by atoms with Gasteiger partial charge in [-0.1, -0.05) is 37.5 Å². The highest BCUT2D eigenvalue weighted by molar-refractivity contribution is 14.1. The maximum absolute atomic E-state index is 13.4. The van der Waals surface area contributed by atoms with Gasteiger partial charge < -0.3 is 25.2 Å². The Bertz CT molecular complexity index is 899. The molecule has 0 saturated heterocycles. The topological polar surface area (TPSA) is 99.1 Å². The number of hydrogen-bond donors (Lipinski definition) is 3. The van der Waals surface area contributed by atoms with Crippen molar-refractivity contribution in [2.75, 3.05) is 19.7 Å². The minimum absolute atomic E-state index is 0.0374. The molecular weight excluding hydrogens is 559 g/mol. The van der Waals surface area contributed by atoms with E-state index in [4.69, 9.17) is 9.84 Å². The summed E-state index contributed by atoms with van der Waals surface area (Å²) in [4.78, 5) is 28.0. The number of benzene rings is 1. The van der Waals surface area contributed by atoms with Crippen molar-refractivity contribution < 1.29 is 24.5 Å². The molecule has 0 bridgehead atoms. The van der Waals surface area contributed by atoms with Crippen molar-refractivity contribution >= 4 is 34.4 Å².